The molecule has 0 atom stereocenters. The van der Waals surface area contributed by atoms with Gasteiger partial charge in [0.25, 0.3) is 0 Å². The molecule has 1 heterocycles. The molecule has 0 saturated carbocycles. The quantitative estimate of drug-likeness (QED) is 0.458. The zero-order chi connectivity index (χ0) is 10.7. The summed E-state index contributed by atoms with van der Waals surface area (Å²) in [6.45, 7) is 0. The molecule has 0 spiro atoms. The lowest BCUT2D eigenvalue weighted by Gasteiger charge is -1.98. The van der Waals surface area contributed by atoms with Crippen molar-refractivity contribution >= 4 is 24.2 Å². The van der Waals surface area contributed by atoms with Gasteiger partial charge in [-0.1, -0.05) is 0 Å². The first-order valence-corrected chi connectivity index (χ1v) is 3.09. The molecule has 0 unspecified atom stereocenters. The van der Waals surface area contributed by atoms with Crippen LogP contribution in [0.5, 0.6) is 0 Å². The van der Waals surface area contributed by atoms with E-state index in [0.29, 0.717) is 6.08 Å². The second-order valence-electron chi connectivity index (χ2n) is 1.94. The summed E-state index contributed by atoms with van der Waals surface area (Å²) in [4.78, 5) is 41.3. The molecule has 1 N–H and O–H groups in total. The molecule has 0 fully saturated rings. The monoisotopic (exact) mass is 202 g/mol. The van der Waals surface area contributed by atoms with Crippen molar-refractivity contribution in [3.63, 3.8) is 0 Å². The van der Waals surface area contributed by atoms with Gasteiger partial charge < -0.3 is 19.3 Å². The van der Waals surface area contributed by atoms with E-state index in [1.807, 2.05) is 0 Å². The van der Waals surface area contributed by atoms with Gasteiger partial charge in [0.15, 0.2) is 0 Å². The van der Waals surface area contributed by atoms with Crippen molar-refractivity contribution < 1.29 is 38.5 Å². The van der Waals surface area contributed by atoms with E-state index in [1.54, 1.807) is 0 Å². The predicted octanol–water partition coefficient (Wildman–Crippen LogP) is -0.215. The van der Waals surface area contributed by atoms with Crippen molar-refractivity contribution in [3.8, 4) is 0 Å². The lowest BCUT2D eigenvalue weighted by molar-refractivity contribution is -0.152. The normalized spacial score (nSPS) is 14.4. The van der Waals surface area contributed by atoms with Crippen molar-refractivity contribution in [1.29, 1.82) is 0 Å². The third-order valence-electron chi connectivity index (χ3n) is 1.01. The second kappa shape index (κ2) is 3.56. The maximum Gasteiger partial charge on any atom is 0.524 e. The van der Waals surface area contributed by atoms with Crippen LogP contribution in [-0.2, 0) is 23.8 Å². The van der Waals surface area contributed by atoms with E-state index in [9.17, 15) is 19.2 Å². The van der Waals surface area contributed by atoms with Crippen LogP contribution in [-0.4, -0.2) is 29.4 Å². The predicted molar refractivity (Wildman–Crippen MR) is 34.8 cm³/mol. The molecule has 0 bridgehead atoms. The van der Waals surface area contributed by atoms with Crippen LogP contribution in [0.2, 0.25) is 0 Å². The first-order chi connectivity index (χ1) is 6.49. The fraction of sp³-hybridized carbons (Fsp3) is 0. The Morgan fingerprint density at radius 2 is 2.00 bits per heavy atom. The van der Waals surface area contributed by atoms with Crippen molar-refractivity contribution in [2.24, 2.45) is 0 Å². The van der Waals surface area contributed by atoms with Gasteiger partial charge in [0.05, 0.1) is 6.08 Å². The van der Waals surface area contributed by atoms with Crippen LogP contribution in [0.1, 0.15) is 0 Å². The lowest BCUT2D eigenvalue weighted by atomic mass is 10.5. The number of carbonyl (C=O) groups is 4. The molecule has 0 radical (unpaired) electrons. The number of carbonyl (C=O) groups excluding carboxylic acids is 3. The van der Waals surface area contributed by atoms with Crippen molar-refractivity contribution in [1.82, 2.24) is 0 Å². The van der Waals surface area contributed by atoms with E-state index in [-0.39, 0.29) is 0 Å². The summed E-state index contributed by atoms with van der Waals surface area (Å²) in [5.74, 6) is -2.91. The van der Waals surface area contributed by atoms with Crippen LogP contribution in [0.25, 0.3) is 0 Å². The standard InChI is InChI=1S/C6H2O8/c7-3-1-2(4(8)13-3)12-6(11)14-5(9)10/h1H,(H,9,10). The highest BCUT2D eigenvalue weighted by Gasteiger charge is 2.28. The lowest BCUT2D eigenvalue weighted by Crippen LogP contribution is -2.14. The van der Waals surface area contributed by atoms with Crippen LogP contribution in [0.15, 0.2) is 11.8 Å². The fourth-order valence-corrected chi connectivity index (χ4v) is 0.590. The molecule has 0 aliphatic carbocycles. The number of hydrogen-bond acceptors (Lipinski definition) is 7. The van der Waals surface area contributed by atoms with Gasteiger partial charge in [0.2, 0.25) is 5.76 Å². The molecule has 8 heteroatoms. The molecule has 14 heavy (non-hydrogen) atoms. The Hall–Kier alpha value is -2.38. The van der Waals surface area contributed by atoms with E-state index in [4.69, 9.17) is 5.11 Å². The van der Waals surface area contributed by atoms with E-state index < -0.39 is 30.0 Å². The van der Waals surface area contributed by atoms with Gasteiger partial charge in [-0.25, -0.2) is 19.2 Å². The number of ether oxygens (including phenoxy) is 3. The Morgan fingerprint density at radius 1 is 1.36 bits per heavy atom. The van der Waals surface area contributed by atoms with Crippen LogP contribution in [0.4, 0.5) is 9.59 Å². The molecule has 0 aromatic heterocycles. The number of rotatable bonds is 1. The molecule has 0 saturated heterocycles. The Labute approximate surface area is 75.6 Å². The molecule has 0 aromatic rings. The largest absolute Gasteiger partial charge is 0.524 e. The second-order valence-corrected chi connectivity index (χ2v) is 1.94. The third kappa shape index (κ3) is 2.30. The van der Waals surface area contributed by atoms with Crippen LogP contribution >= 0.6 is 0 Å². The summed E-state index contributed by atoms with van der Waals surface area (Å²) in [6, 6.07) is 0. The Balaban J connectivity index is 2.57. The summed E-state index contributed by atoms with van der Waals surface area (Å²) in [5.41, 5.74) is 0. The number of hydrogen-bond donors (Lipinski definition) is 1. The first kappa shape index (κ1) is 9.71. The van der Waals surface area contributed by atoms with Crippen LogP contribution < -0.4 is 0 Å². The number of esters is 2. The van der Waals surface area contributed by atoms with Crippen molar-refractivity contribution in [2.75, 3.05) is 0 Å². The van der Waals surface area contributed by atoms with E-state index >= 15 is 0 Å². The molecule has 0 amide bonds. The molecular weight excluding hydrogens is 200 g/mol. The Kier molecular flexibility index (Phi) is 2.47. The van der Waals surface area contributed by atoms with Gasteiger partial charge in [-0.15, -0.1) is 0 Å². The third-order valence-corrected chi connectivity index (χ3v) is 1.01. The van der Waals surface area contributed by atoms with Gasteiger partial charge in [-0.2, -0.15) is 0 Å². The first-order valence-electron chi connectivity index (χ1n) is 3.09. The number of carboxylic acid groups (broad SMARTS) is 1. The highest BCUT2D eigenvalue weighted by atomic mass is 16.8. The zero-order valence-electron chi connectivity index (χ0n) is 6.38. The molecule has 1 aliphatic rings. The minimum Gasteiger partial charge on any atom is -0.449 e. The minimum atomic E-state index is -1.90. The van der Waals surface area contributed by atoms with E-state index in [2.05, 4.69) is 14.2 Å². The fourth-order valence-electron chi connectivity index (χ4n) is 0.590. The van der Waals surface area contributed by atoms with E-state index in [0.717, 1.165) is 0 Å². The average Bonchev–Trinajstić information content (AvgIpc) is 2.28. The van der Waals surface area contributed by atoms with Crippen LogP contribution in [0, 0.1) is 0 Å². The highest BCUT2D eigenvalue weighted by molar-refractivity contribution is 6.08. The topological polar surface area (TPSA) is 116 Å². The van der Waals surface area contributed by atoms with Gasteiger partial charge in [-0.05, 0) is 0 Å². The maximum atomic E-state index is 10.6. The molecule has 74 valence electrons. The van der Waals surface area contributed by atoms with Gasteiger partial charge in [0, 0.05) is 0 Å². The van der Waals surface area contributed by atoms with Crippen molar-refractivity contribution in [2.45, 2.75) is 0 Å². The maximum absolute atomic E-state index is 10.6. The van der Waals surface area contributed by atoms with Gasteiger partial charge in [0.1, 0.15) is 0 Å². The highest BCUT2D eigenvalue weighted by Crippen LogP contribution is 2.10. The van der Waals surface area contributed by atoms with Gasteiger partial charge in [-0.3, -0.25) is 0 Å². The van der Waals surface area contributed by atoms with Crippen LogP contribution in [0.3, 0.4) is 0 Å². The summed E-state index contributed by atoms with van der Waals surface area (Å²) in [5, 5.41) is 7.95. The SMILES string of the molecule is O=C(O)OC(=O)OC1=CC(=O)OC1=O. The average molecular weight is 202 g/mol. The Bertz CT molecular complexity index is 351. The molecule has 1 rings (SSSR count). The van der Waals surface area contributed by atoms with Crippen molar-refractivity contribution in [3.05, 3.63) is 11.8 Å². The number of cyclic esters (lactones) is 2. The zero-order valence-corrected chi connectivity index (χ0v) is 6.38. The molecular formula is C6H2O8. The molecule has 0 aromatic carbocycles. The Morgan fingerprint density at radius 3 is 2.43 bits per heavy atom. The molecule has 8 nitrogen and oxygen atoms in total. The smallest absolute Gasteiger partial charge is 0.449 e. The summed E-state index contributed by atoms with van der Waals surface area (Å²) in [7, 11) is 0. The summed E-state index contributed by atoms with van der Waals surface area (Å²) >= 11 is 0. The summed E-state index contributed by atoms with van der Waals surface area (Å²) in [6.07, 6.45) is -2.95. The van der Waals surface area contributed by atoms with E-state index in [1.165, 1.54) is 0 Å². The summed E-state index contributed by atoms with van der Waals surface area (Å²) < 4.78 is 11.4. The molecule has 1 aliphatic heterocycles. The minimum absolute atomic E-state index is 0.589. The van der Waals surface area contributed by atoms with Gasteiger partial charge >= 0.3 is 24.2 Å².